The maximum Gasteiger partial charge on any atom is 0.313 e. The number of hydrogen-bond acceptors (Lipinski definition) is 15. The number of nitrogens with one attached hydrogen (secondary N) is 2. The van der Waals surface area contributed by atoms with Crippen LogP contribution in [-0.4, -0.2) is 132 Å². The van der Waals surface area contributed by atoms with Crippen molar-refractivity contribution < 1.29 is 54.9 Å². The summed E-state index contributed by atoms with van der Waals surface area (Å²) < 4.78 is 6.02. The first-order valence-electron chi connectivity index (χ1n) is 30.6. The maximum atomic E-state index is 16.1. The van der Waals surface area contributed by atoms with Gasteiger partial charge in [-0.25, -0.2) is 0 Å². The van der Waals surface area contributed by atoms with E-state index < -0.39 is 87.7 Å². The number of esters is 1. The molecule has 23 atom stereocenters. The third kappa shape index (κ3) is 9.85. The van der Waals surface area contributed by atoms with Gasteiger partial charge in [-0.15, -0.1) is 5.92 Å². The number of carbonyl (C=O) groups excluding carboxylic acids is 3. The van der Waals surface area contributed by atoms with Gasteiger partial charge in [0.1, 0.15) is 5.75 Å². The van der Waals surface area contributed by atoms with E-state index >= 15 is 4.79 Å². The summed E-state index contributed by atoms with van der Waals surface area (Å²) in [5.41, 5.74) is 9.58. The number of phenolic OH excluding ortho intramolecular Hbond substituents is 1. The monoisotopic (exact) mass is 1180 g/mol. The van der Waals surface area contributed by atoms with Crippen molar-refractivity contribution in [3.8, 4) is 17.6 Å². The molecule has 1 aromatic carbocycles. The Balaban J connectivity index is 1.03. The lowest BCUT2D eigenvalue weighted by Gasteiger charge is -2.63. The number of allylic oxidation sites excluding steroid dienone is 5. The van der Waals surface area contributed by atoms with Gasteiger partial charge in [0.15, 0.2) is 17.5 Å². The largest absolute Gasteiger partial charge is 0.508 e. The van der Waals surface area contributed by atoms with Crippen LogP contribution >= 0.6 is 21.6 Å². The normalized spacial score (nSPS) is 45.0. The van der Waals surface area contributed by atoms with E-state index in [1.807, 2.05) is 37.5 Å². The Hall–Kier alpha value is -4.58. The van der Waals surface area contributed by atoms with Gasteiger partial charge in [0, 0.05) is 90.8 Å². The van der Waals surface area contributed by atoms with Gasteiger partial charge < -0.3 is 62.3 Å². The number of phenols is 1. The van der Waals surface area contributed by atoms with Crippen LogP contribution in [0.4, 0.5) is 0 Å². The fourth-order valence-electron chi connectivity index (χ4n) is 19.6. The van der Waals surface area contributed by atoms with Crippen molar-refractivity contribution in [3.05, 3.63) is 88.9 Å². The quantitative estimate of drug-likeness (QED) is 0.0386. The van der Waals surface area contributed by atoms with Crippen molar-refractivity contribution in [2.75, 3.05) is 37.8 Å². The molecule has 8 aliphatic carbocycles. The molecule has 4 saturated carbocycles. The zero-order valence-corrected chi connectivity index (χ0v) is 49.6. The predicted molar refractivity (Wildman–Crippen MR) is 318 cm³/mol. The van der Waals surface area contributed by atoms with Crippen LogP contribution < -0.4 is 16.8 Å². The van der Waals surface area contributed by atoms with Gasteiger partial charge in [-0.2, -0.15) is 0 Å². The van der Waals surface area contributed by atoms with E-state index in [1.54, 1.807) is 29.9 Å². The van der Waals surface area contributed by atoms with E-state index in [0.717, 1.165) is 30.4 Å². The molecule has 0 amide bonds. The summed E-state index contributed by atoms with van der Waals surface area (Å²) in [6.07, 6.45) is 11.0. The van der Waals surface area contributed by atoms with Crippen LogP contribution in [0.5, 0.6) is 5.75 Å². The number of guanidine groups is 1. The Labute approximate surface area is 495 Å². The minimum Gasteiger partial charge on any atom is -0.508 e. The number of fused-ring (bicyclic) bond motifs is 8. The number of aliphatic hydroxyl groups is 6. The Morgan fingerprint density at radius 1 is 0.952 bits per heavy atom. The number of nitrogens with zero attached hydrogens (tertiary/aromatic N) is 1. The number of ketones is 2. The Kier molecular flexibility index (Phi) is 16.0. The standard InChI is InChI=1S/C65H85N5O11S2/c1-33-7-8-35-22-36-11-14-44-43(46-30-81-60(78)52(46)38-16-19-68-27-38)6-4-5-37-25-65(80)55-48(15-17-64(65,18-20-69-61(66)67)59(37)63(3,79)50(75)24-39(29-71)51(36)53(44)45(35)21-33)62(2)26-49(74)57(76)47-32-83-82-31-40(34-9-12-41(72)13-10-34)23-42(73)28-70-56(55)58(77)54(47)62/h9-14,16,19,22,27,33,36-37,39-40,43-54,57,59,68,70-72,74-76,79-80H,5,7-8,15,17-18,20-21,23-26,28-32H2,1-3H3,(H4,66,67,69). The highest BCUT2D eigenvalue weighted by molar-refractivity contribution is 8.76. The zero-order chi connectivity index (χ0) is 58.5. The highest BCUT2D eigenvalue weighted by Gasteiger charge is 2.75. The molecule has 1 aromatic heterocycles. The number of H-pyrrole nitrogens is 1. The van der Waals surface area contributed by atoms with Gasteiger partial charge in [-0.3, -0.25) is 19.4 Å². The van der Waals surface area contributed by atoms with Crippen LogP contribution in [0.25, 0.3) is 0 Å². The van der Waals surface area contributed by atoms with E-state index in [2.05, 4.69) is 52.3 Å². The number of aromatic amines is 1. The average molecular weight is 1180 g/mol. The highest BCUT2D eigenvalue weighted by Crippen LogP contribution is 2.73. The van der Waals surface area contributed by atoms with Gasteiger partial charge >= 0.3 is 5.97 Å². The molecule has 2 saturated heterocycles. The maximum absolute atomic E-state index is 16.1. The van der Waals surface area contributed by atoms with E-state index in [-0.39, 0.29) is 148 Å². The highest BCUT2D eigenvalue weighted by atomic mass is 33.1. The number of aliphatic hydroxyl groups excluding tert-OH is 4. The van der Waals surface area contributed by atoms with Crippen LogP contribution in [-0.2, 0) is 19.1 Å². The van der Waals surface area contributed by atoms with E-state index in [9.17, 15) is 45.3 Å². The molecule has 2 aliphatic heterocycles. The summed E-state index contributed by atoms with van der Waals surface area (Å²) in [5.74, 6) is 2.16. The van der Waals surface area contributed by atoms with Crippen molar-refractivity contribution in [1.82, 2.24) is 10.3 Å². The Morgan fingerprint density at radius 3 is 2.48 bits per heavy atom. The number of aromatic nitrogens is 1. The SMILES string of the molecule is CC1CCC2=CC3C=CC4C(C5COC(=O)C5c5cc[nH]c5)C#CCC5CC6(O)C7=C8NCC(=O)CC(c9ccc(O)cc9)CSSCC9C(O)C(O)CC(C)(C7CCC6(CCN=C(N)N)C5C(C)(O)C(O)CC(CO)C3C4C2C1)C9C8=O. The zero-order valence-electron chi connectivity index (χ0n) is 47.9. The first-order chi connectivity index (χ1) is 39.7. The first-order valence-corrected chi connectivity index (χ1v) is 33.1. The van der Waals surface area contributed by atoms with Crippen molar-refractivity contribution in [2.45, 2.75) is 133 Å². The van der Waals surface area contributed by atoms with Gasteiger partial charge in [-0.1, -0.05) is 77.3 Å². The Morgan fingerprint density at radius 2 is 1.73 bits per heavy atom. The fourth-order valence-corrected chi connectivity index (χ4v) is 22.4. The molecule has 16 nitrogen and oxygen atoms in total. The van der Waals surface area contributed by atoms with Crippen LogP contribution in [0.3, 0.4) is 0 Å². The summed E-state index contributed by atoms with van der Waals surface area (Å²) in [6.45, 7) is 5.68. The van der Waals surface area contributed by atoms with Crippen molar-refractivity contribution >= 4 is 45.1 Å². The lowest BCUT2D eigenvalue weighted by atomic mass is 9.43. The van der Waals surface area contributed by atoms with Crippen molar-refractivity contribution in [2.24, 2.45) is 110 Å². The van der Waals surface area contributed by atoms with Crippen molar-refractivity contribution in [3.63, 3.8) is 0 Å². The van der Waals surface area contributed by atoms with Gasteiger partial charge in [0.25, 0.3) is 0 Å². The number of carbonyl (C=O) groups is 3. The number of Topliss-reactive ketones (excluding diaryl/α,β-unsaturated/α-hetero) is 2. The van der Waals surface area contributed by atoms with Crippen LogP contribution in [0.15, 0.2) is 82.8 Å². The molecular formula is C65H85N5O11S2. The van der Waals surface area contributed by atoms with E-state index in [4.69, 9.17) is 16.2 Å². The third-order valence-electron chi connectivity index (χ3n) is 23.1. The molecule has 18 heteroatoms. The summed E-state index contributed by atoms with van der Waals surface area (Å²) in [5, 5.41) is 91.2. The summed E-state index contributed by atoms with van der Waals surface area (Å²) >= 11 is 0. The molecule has 0 radical (unpaired) electrons. The molecule has 6 fully saturated rings. The number of ether oxygens (including phenoxy) is 1. The smallest absolute Gasteiger partial charge is 0.313 e. The summed E-state index contributed by atoms with van der Waals surface area (Å²) in [4.78, 5) is 52.2. The molecule has 3 heterocycles. The number of nitrogens with two attached hydrogens (primary N) is 2. The average Bonchev–Trinajstić information content (AvgIpc) is 1.66. The number of hydrogen-bond donors (Lipinski definition) is 11. The van der Waals surface area contributed by atoms with Crippen LogP contribution in [0.2, 0.25) is 0 Å². The number of benzene rings is 1. The second kappa shape index (κ2) is 22.6. The lowest BCUT2D eigenvalue weighted by Crippen LogP contribution is -2.67. The number of aromatic hydroxyl groups is 1. The number of cyclic esters (lactones) is 1. The molecule has 448 valence electrons. The van der Waals surface area contributed by atoms with Gasteiger partial charge in [0.2, 0.25) is 0 Å². The van der Waals surface area contributed by atoms with Gasteiger partial charge in [-0.05, 0) is 158 Å². The second-order valence-corrected chi connectivity index (χ2v) is 30.0. The molecule has 12 rings (SSSR count). The molecule has 83 heavy (non-hydrogen) atoms. The summed E-state index contributed by atoms with van der Waals surface area (Å²) in [7, 11) is 3.05. The molecule has 2 aromatic rings. The fraction of sp³-hybridized carbons (Fsp3) is 0.662. The Bertz CT molecular complexity index is 3010. The predicted octanol–water partition coefficient (Wildman–Crippen LogP) is 5.88. The first kappa shape index (κ1) is 58.8. The molecular weight excluding hydrogens is 1090 g/mol. The minimum atomic E-state index is -1.95. The minimum absolute atomic E-state index is 0.00249. The van der Waals surface area contributed by atoms with Gasteiger partial charge in [0.05, 0.1) is 54.3 Å². The number of rotatable bonds is 7. The van der Waals surface area contributed by atoms with E-state index in [1.165, 1.54) is 16.4 Å². The topological polar surface area (TPSA) is 294 Å². The second-order valence-electron chi connectivity index (χ2n) is 27.4. The molecule has 6 bridgehead atoms. The third-order valence-corrected chi connectivity index (χ3v) is 25.7. The molecule has 0 spiro atoms. The summed E-state index contributed by atoms with van der Waals surface area (Å²) in [6, 6.07) is 8.74. The lowest BCUT2D eigenvalue weighted by molar-refractivity contribution is -0.194. The van der Waals surface area contributed by atoms with Crippen LogP contribution in [0.1, 0.15) is 114 Å². The molecule has 10 aliphatic rings. The number of aliphatic imine (C=N–C) groups is 1. The van der Waals surface area contributed by atoms with Crippen molar-refractivity contribution in [1.29, 1.82) is 0 Å². The van der Waals surface area contributed by atoms with Crippen LogP contribution in [0, 0.1) is 106 Å². The molecule has 23 unspecified atom stereocenters. The van der Waals surface area contributed by atoms with E-state index in [0.29, 0.717) is 29.4 Å². The molecule has 13 N–H and O–H groups in total.